The normalized spacial score (nSPS) is 24.0. The van der Waals surface area contributed by atoms with Crippen LogP contribution in [0.2, 0.25) is 0 Å². The van der Waals surface area contributed by atoms with Gasteiger partial charge in [0, 0.05) is 19.6 Å². The molecule has 0 aromatic carbocycles. The van der Waals surface area contributed by atoms with E-state index in [0.29, 0.717) is 5.41 Å². The van der Waals surface area contributed by atoms with Crippen molar-refractivity contribution >= 4 is 39.7 Å². The number of nitrogens with zero attached hydrogens (tertiary/aromatic N) is 1. The van der Waals surface area contributed by atoms with E-state index in [-0.39, 0.29) is 12.4 Å². The van der Waals surface area contributed by atoms with Gasteiger partial charge in [0.25, 0.3) is 0 Å². The van der Waals surface area contributed by atoms with Crippen molar-refractivity contribution in [2.45, 2.75) is 19.9 Å². The Bertz CT molecular complexity index is 350. The predicted octanol–water partition coefficient (Wildman–Crippen LogP) is 3.36. The van der Waals surface area contributed by atoms with E-state index < -0.39 is 0 Å². The van der Waals surface area contributed by atoms with Gasteiger partial charge in [-0.25, -0.2) is 0 Å². The second-order valence-electron chi connectivity index (χ2n) is 5.17. The summed E-state index contributed by atoms with van der Waals surface area (Å²) >= 11 is 5.28. The Balaban J connectivity index is 0.00000144. The molecule has 0 amide bonds. The van der Waals surface area contributed by atoms with Crippen LogP contribution in [0.15, 0.2) is 15.2 Å². The fraction of sp³-hybridized carbons (Fsp3) is 0.667. The lowest BCUT2D eigenvalue weighted by Crippen LogP contribution is -2.34. The summed E-state index contributed by atoms with van der Waals surface area (Å²) < 4.78 is 1.23. The number of thiophene rings is 1. The summed E-state index contributed by atoms with van der Waals surface area (Å²) in [6.45, 7) is 6.94. The van der Waals surface area contributed by atoms with E-state index in [0.717, 1.165) is 13.1 Å². The number of halogens is 2. The third-order valence-electron chi connectivity index (χ3n) is 3.18. The standard InChI is InChI=1S/C12H19BrN2S.ClH/c1-12(3-4-14-8-12)9-15(2)6-10-5-11(13)16-7-10;/h5,7,14H,3-4,6,8-9H2,1-2H3;1H. The maximum absolute atomic E-state index is 3.51. The SMILES string of the molecule is CN(Cc1csc(Br)c1)CC1(C)CCNC1.Cl. The molecule has 1 unspecified atom stereocenters. The molecular weight excluding hydrogens is 320 g/mol. The molecule has 1 atom stereocenters. The molecule has 2 nitrogen and oxygen atoms in total. The summed E-state index contributed by atoms with van der Waals surface area (Å²) in [7, 11) is 2.22. The van der Waals surface area contributed by atoms with Gasteiger partial charge in [0.15, 0.2) is 0 Å². The molecule has 1 N–H and O–H groups in total. The Kier molecular flexibility index (Phi) is 5.93. The predicted molar refractivity (Wildman–Crippen MR) is 81.2 cm³/mol. The maximum atomic E-state index is 3.51. The molecule has 2 heterocycles. The molecular formula is C12H20BrClN2S. The van der Waals surface area contributed by atoms with Gasteiger partial charge in [-0.1, -0.05) is 6.92 Å². The molecule has 0 saturated carbocycles. The lowest BCUT2D eigenvalue weighted by molar-refractivity contribution is 0.203. The Hall–Kier alpha value is 0.390. The van der Waals surface area contributed by atoms with Crippen LogP contribution in [0, 0.1) is 5.41 Å². The van der Waals surface area contributed by atoms with Crippen molar-refractivity contribution in [1.82, 2.24) is 10.2 Å². The van der Waals surface area contributed by atoms with Gasteiger partial charge in [-0.05, 0) is 58.4 Å². The fourth-order valence-corrected chi connectivity index (χ4v) is 3.65. The highest BCUT2D eigenvalue weighted by Crippen LogP contribution is 2.27. The van der Waals surface area contributed by atoms with E-state index in [1.807, 2.05) is 0 Å². The molecule has 1 aliphatic heterocycles. The summed E-state index contributed by atoms with van der Waals surface area (Å²) in [5.41, 5.74) is 1.87. The lowest BCUT2D eigenvalue weighted by Gasteiger charge is -2.29. The van der Waals surface area contributed by atoms with Gasteiger partial charge in [-0.3, -0.25) is 0 Å². The van der Waals surface area contributed by atoms with E-state index in [2.05, 4.69) is 51.6 Å². The second-order valence-corrected chi connectivity index (χ2v) is 7.46. The Morgan fingerprint density at radius 2 is 2.35 bits per heavy atom. The fourth-order valence-electron chi connectivity index (χ4n) is 2.45. The van der Waals surface area contributed by atoms with E-state index in [1.54, 1.807) is 11.3 Å². The molecule has 0 bridgehead atoms. The van der Waals surface area contributed by atoms with Crippen LogP contribution in [-0.4, -0.2) is 31.6 Å². The number of hydrogen-bond donors (Lipinski definition) is 1. The van der Waals surface area contributed by atoms with Crippen molar-refractivity contribution in [2.75, 3.05) is 26.7 Å². The third-order valence-corrected chi connectivity index (χ3v) is 4.74. The van der Waals surface area contributed by atoms with Crippen LogP contribution in [0.4, 0.5) is 0 Å². The molecule has 0 radical (unpaired) electrons. The van der Waals surface area contributed by atoms with Gasteiger partial charge >= 0.3 is 0 Å². The molecule has 5 heteroatoms. The number of nitrogens with one attached hydrogen (secondary N) is 1. The zero-order valence-corrected chi connectivity index (χ0v) is 13.6. The number of rotatable bonds is 4. The van der Waals surface area contributed by atoms with Crippen molar-refractivity contribution in [3.63, 3.8) is 0 Å². The zero-order chi connectivity index (χ0) is 11.6. The minimum Gasteiger partial charge on any atom is -0.316 e. The second kappa shape index (κ2) is 6.53. The Labute approximate surface area is 122 Å². The van der Waals surface area contributed by atoms with Gasteiger partial charge < -0.3 is 10.2 Å². The quantitative estimate of drug-likeness (QED) is 0.905. The molecule has 17 heavy (non-hydrogen) atoms. The van der Waals surface area contributed by atoms with Crippen LogP contribution in [0.1, 0.15) is 18.9 Å². The highest BCUT2D eigenvalue weighted by atomic mass is 79.9. The summed E-state index contributed by atoms with van der Waals surface area (Å²) in [6.07, 6.45) is 1.30. The molecule has 1 aromatic rings. The van der Waals surface area contributed by atoms with Crippen LogP contribution >= 0.6 is 39.7 Å². The van der Waals surface area contributed by atoms with Crippen molar-refractivity contribution in [1.29, 1.82) is 0 Å². The van der Waals surface area contributed by atoms with Crippen molar-refractivity contribution < 1.29 is 0 Å². The molecule has 0 aliphatic carbocycles. The number of hydrogen-bond acceptors (Lipinski definition) is 3. The lowest BCUT2D eigenvalue weighted by atomic mass is 9.89. The van der Waals surface area contributed by atoms with Crippen molar-refractivity contribution in [3.8, 4) is 0 Å². The van der Waals surface area contributed by atoms with Crippen molar-refractivity contribution in [2.24, 2.45) is 5.41 Å². The molecule has 98 valence electrons. The largest absolute Gasteiger partial charge is 0.316 e. The van der Waals surface area contributed by atoms with Crippen molar-refractivity contribution in [3.05, 3.63) is 20.8 Å². The first-order chi connectivity index (χ1) is 7.57. The molecule has 1 aliphatic rings. The summed E-state index contributed by atoms with van der Waals surface area (Å²) in [6, 6.07) is 2.22. The van der Waals surface area contributed by atoms with Crippen LogP contribution in [0.5, 0.6) is 0 Å². The first-order valence-corrected chi connectivity index (χ1v) is 7.37. The summed E-state index contributed by atoms with van der Waals surface area (Å²) in [4.78, 5) is 2.43. The van der Waals surface area contributed by atoms with Crippen LogP contribution < -0.4 is 5.32 Å². The zero-order valence-electron chi connectivity index (χ0n) is 10.3. The van der Waals surface area contributed by atoms with Crippen LogP contribution in [0.3, 0.4) is 0 Å². The van der Waals surface area contributed by atoms with Gasteiger partial charge in [-0.2, -0.15) is 0 Å². The minimum atomic E-state index is 0. The highest BCUT2D eigenvalue weighted by Gasteiger charge is 2.29. The molecule has 1 fully saturated rings. The summed E-state index contributed by atoms with van der Waals surface area (Å²) in [5, 5.41) is 5.69. The van der Waals surface area contributed by atoms with Gasteiger partial charge in [0.05, 0.1) is 3.79 Å². The maximum Gasteiger partial charge on any atom is 0.0701 e. The van der Waals surface area contributed by atoms with Gasteiger partial charge in [0.1, 0.15) is 0 Å². The van der Waals surface area contributed by atoms with E-state index >= 15 is 0 Å². The highest BCUT2D eigenvalue weighted by molar-refractivity contribution is 9.11. The van der Waals surface area contributed by atoms with E-state index in [4.69, 9.17) is 0 Å². The molecule has 1 saturated heterocycles. The first-order valence-electron chi connectivity index (χ1n) is 5.70. The van der Waals surface area contributed by atoms with Crippen LogP contribution in [-0.2, 0) is 6.54 Å². The summed E-state index contributed by atoms with van der Waals surface area (Å²) in [5.74, 6) is 0. The average Bonchev–Trinajstić information content (AvgIpc) is 2.75. The smallest absolute Gasteiger partial charge is 0.0701 e. The molecule has 0 spiro atoms. The topological polar surface area (TPSA) is 15.3 Å². The first kappa shape index (κ1) is 15.4. The minimum absolute atomic E-state index is 0. The Morgan fingerprint density at radius 1 is 1.59 bits per heavy atom. The van der Waals surface area contributed by atoms with Gasteiger partial charge in [0.2, 0.25) is 0 Å². The van der Waals surface area contributed by atoms with Gasteiger partial charge in [-0.15, -0.1) is 23.7 Å². The van der Waals surface area contributed by atoms with E-state index in [9.17, 15) is 0 Å². The average molecular weight is 340 g/mol. The van der Waals surface area contributed by atoms with Crippen LogP contribution in [0.25, 0.3) is 0 Å². The monoisotopic (exact) mass is 338 g/mol. The molecule has 1 aromatic heterocycles. The van der Waals surface area contributed by atoms with E-state index in [1.165, 1.54) is 28.9 Å². The molecule has 2 rings (SSSR count). The Morgan fingerprint density at radius 3 is 2.88 bits per heavy atom. The third kappa shape index (κ3) is 4.52.